The molecule has 0 bridgehead atoms. The third kappa shape index (κ3) is 4.98. The number of hydrogen-bond acceptors (Lipinski definition) is 5. The summed E-state index contributed by atoms with van der Waals surface area (Å²) in [5, 5.41) is 3.89. The number of nitrogens with zero attached hydrogens (tertiary/aromatic N) is 2. The molecule has 0 saturated heterocycles. The van der Waals surface area contributed by atoms with E-state index in [2.05, 4.69) is 15.3 Å². The average molecular weight is 492 g/mol. The summed E-state index contributed by atoms with van der Waals surface area (Å²) in [6, 6.07) is 17.7. The molecule has 6 nitrogen and oxygen atoms in total. The number of carbonyl (C=O) groups excluding carboxylic acids is 1. The Morgan fingerprint density at radius 3 is 2.71 bits per heavy atom. The highest BCUT2D eigenvalue weighted by molar-refractivity contribution is 6.32. The number of rotatable bonds is 5. The summed E-state index contributed by atoms with van der Waals surface area (Å²) in [6.07, 6.45) is 5.02. The molecule has 0 aliphatic carbocycles. The molecule has 1 aromatic heterocycles. The highest BCUT2D eigenvalue weighted by Crippen LogP contribution is 2.37. The van der Waals surface area contributed by atoms with Gasteiger partial charge >= 0.3 is 0 Å². The Kier molecular flexibility index (Phi) is 6.34. The lowest BCUT2D eigenvalue weighted by Gasteiger charge is -2.19. The van der Waals surface area contributed by atoms with Crippen LogP contribution in [0.25, 0.3) is 11.3 Å². The van der Waals surface area contributed by atoms with Gasteiger partial charge < -0.3 is 14.8 Å². The molecule has 1 N–H and O–H groups in total. The van der Waals surface area contributed by atoms with E-state index >= 15 is 0 Å². The topological polar surface area (TPSA) is 73.3 Å². The standard InChI is InChI=1S/C26H19Cl2N3O3/c27-19-5-1-3-17(11-19)22-14-29-15-25(30-22)31-26(32)16-6-8-20(9-7-16)34-24-13-23-18(12-21(24)28)4-2-10-33-23/h1,3,5-9,11-15H,2,4,10H2,(H,30,31,32). The van der Waals surface area contributed by atoms with Crippen LogP contribution >= 0.6 is 23.2 Å². The Bertz CT molecular complexity index is 1360. The zero-order valence-corrected chi connectivity index (χ0v) is 19.4. The molecule has 3 aromatic carbocycles. The molecule has 2 heterocycles. The van der Waals surface area contributed by atoms with Gasteiger partial charge in [-0.1, -0.05) is 35.3 Å². The Morgan fingerprint density at radius 1 is 1.03 bits per heavy atom. The van der Waals surface area contributed by atoms with Crippen LogP contribution in [-0.2, 0) is 6.42 Å². The molecule has 1 aliphatic rings. The molecule has 34 heavy (non-hydrogen) atoms. The normalized spacial score (nSPS) is 12.4. The SMILES string of the molecule is O=C(Nc1cncc(-c2cccc(Cl)c2)n1)c1ccc(Oc2cc3c(cc2Cl)CCCO3)cc1. The smallest absolute Gasteiger partial charge is 0.256 e. The third-order valence-electron chi connectivity index (χ3n) is 5.30. The van der Waals surface area contributed by atoms with Gasteiger partial charge in [-0.15, -0.1) is 0 Å². The van der Waals surface area contributed by atoms with Crippen molar-refractivity contribution in [2.45, 2.75) is 12.8 Å². The van der Waals surface area contributed by atoms with Crippen molar-refractivity contribution >= 4 is 34.9 Å². The molecule has 4 aromatic rings. The highest BCUT2D eigenvalue weighted by atomic mass is 35.5. The molecule has 170 valence electrons. The van der Waals surface area contributed by atoms with Crippen LogP contribution in [0.3, 0.4) is 0 Å². The van der Waals surface area contributed by atoms with Gasteiger partial charge in [0.1, 0.15) is 17.2 Å². The van der Waals surface area contributed by atoms with Gasteiger partial charge in [-0.2, -0.15) is 0 Å². The minimum absolute atomic E-state index is 0.315. The van der Waals surface area contributed by atoms with Crippen LogP contribution in [0, 0.1) is 0 Å². The molecule has 8 heteroatoms. The van der Waals surface area contributed by atoms with Crippen molar-refractivity contribution in [3.05, 3.63) is 94.2 Å². The molecule has 5 rings (SSSR count). The summed E-state index contributed by atoms with van der Waals surface area (Å²) in [5.74, 6) is 1.88. The summed E-state index contributed by atoms with van der Waals surface area (Å²) < 4.78 is 11.6. The monoisotopic (exact) mass is 491 g/mol. The fourth-order valence-corrected chi connectivity index (χ4v) is 4.05. The Balaban J connectivity index is 1.28. The first kappa shape index (κ1) is 22.2. The largest absolute Gasteiger partial charge is 0.493 e. The maximum absolute atomic E-state index is 12.7. The first-order chi connectivity index (χ1) is 16.5. The summed E-state index contributed by atoms with van der Waals surface area (Å²) in [4.78, 5) is 21.4. The van der Waals surface area contributed by atoms with Crippen molar-refractivity contribution < 1.29 is 14.3 Å². The van der Waals surface area contributed by atoms with Crippen LogP contribution in [0.1, 0.15) is 22.3 Å². The number of ether oxygens (including phenoxy) is 2. The van der Waals surface area contributed by atoms with Crippen molar-refractivity contribution in [1.82, 2.24) is 9.97 Å². The van der Waals surface area contributed by atoms with Crippen molar-refractivity contribution in [2.24, 2.45) is 0 Å². The predicted molar refractivity (Wildman–Crippen MR) is 132 cm³/mol. The number of fused-ring (bicyclic) bond motifs is 1. The molecule has 0 unspecified atom stereocenters. The molecular formula is C26H19Cl2N3O3. The maximum atomic E-state index is 12.7. The van der Waals surface area contributed by atoms with Gasteiger partial charge in [0.25, 0.3) is 5.91 Å². The molecule has 0 fully saturated rings. The van der Waals surface area contributed by atoms with Crippen molar-refractivity contribution in [1.29, 1.82) is 0 Å². The van der Waals surface area contributed by atoms with E-state index in [0.717, 1.165) is 29.7 Å². The van der Waals surface area contributed by atoms with Crippen LogP contribution in [0.2, 0.25) is 10.0 Å². The van der Waals surface area contributed by atoms with E-state index in [1.54, 1.807) is 42.6 Å². The number of aromatic nitrogens is 2. The van der Waals surface area contributed by atoms with Crippen LogP contribution in [0.5, 0.6) is 17.2 Å². The number of anilines is 1. The van der Waals surface area contributed by atoms with Gasteiger partial charge in [-0.3, -0.25) is 9.78 Å². The minimum atomic E-state index is -0.315. The van der Waals surface area contributed by atoms with E-state index in [0.29, 0.717) is 45.2 Å². The summed E-state index contributed by atoms with van der Waals surface area (Å²) in [7, 11) is 0. The van der Waals surface area contributed by atoms with Gasteiger partial charge in [-0.05, 0) is 60.9 Å². The van der Waals surface area contributed by atoms with Gasteiger partial charge in [-0.25, -0.2) is 4.98 Å². The van der Waals surface area contributed by atoms with E-state index in [4.69, 9.17) is 32.7 Å². The second kappa shape index (κ2) is 9.71. The number of hydrogen-bond donors (Lipinski definition) is 1. The number of nitrogens with one attached hydrogen (secondary N) is 1. The summed E-state index contributed by atoms with van der Waals surface area (Å²) in [6.45, 7) is 0.685. The number of benzene rings is 3. The van der Waals surface area contributed by atoms with E-state index < -0.39 is 0 Å². The Labute approximate surface area is 206 Å². The van der Waals surface area contributed by atoms with Gasteiger partial charge in [0, 0.05) is 22.2 Å². The molecule has 1 aliphatic heterocycles. The molecule has 1 amide bonds. The Morgan fingerprint density at radius 2 is 1.88 bits per heavy atom. The van der Waals surface area contributed by atoms with E-state index in [-0.39, 0.29) is 5.91 Å². The van der Waals surface area contributed by atoms with E-state index in [9.17, 15) is 4.79 Å². The van der Waals surface area contributed by atoms with E-state index in [1.165, 1.54) is 6.20 Å². The van der Waals surface area contributed by atoms with Crippen LogP contribution < -0.4 is 14.8 Å². The third-order valence-corrected chi connectivity index (χ3v) is 5.83. The van der Waals surface area contributed by atoms with Crippen LogP contribution in [0.4, 0.5) is 5.82 Å². The van der Waals surface area contributed by atoms with Gasteiger partial charge in [0.15, 0.2) is 5.82 Å². The quantitative estimate of drug-likeness (QED) is 0.331. The number of amides is 1. The van der Waals surface area contributed by atoms with Crippen molar-refractivity contribution in [2.75, 3.05) is 11.9 Å². The van der Waals surface area contributed by atoms with Crippen molar-refractivity contribution in [3.63, 3.8) is 0 Å². The lowest BCUT2D eigenvalue weighted by molar-refractivity contribution is 0.102. The fraction of sp³-hybridized carbons (Fsp3) is 0.115. The lowest BCUT2D eigenvalue weighted by atomic mass is 10.1. The number of aryl methyl sites for hydroxylation is 1. The zero-order valence-electron chi connectivity index (χ0n) is 17.9. The average Bonchev–Trinajstić information content (AvgIpc) is 2.85. The Hall–Kier alpha value is -3.61. The first-order valence-corrected chi connectivity index (χ1v) is 11.4. The van der Waals surface area contributed by atoms with Gasteiger partial charge in [0.05, 0.1) is 29.7 Å². The molecular weight excluding hydrogens is 473 g/mol. The van der Waals surface area contributed by atoms with Gasteiger partial charge in [0.2, 0.25) is 0 Å². The summed E-state index contributed by atoms with van der Waals surface area (Å²) >= 11 is 12.4. The van der Waals surface area contributed by atoms with Crippen LogP contribution in [-0.4, -0.2) is 22.5 Å². The zero-order chi connectivity index (χ0) is 23.5. The molecule has 0 spiro atoms. The fourth-order valence-electron chi connectivity index (χ4n) is 3.63. The highest BCUT2D eigenvalue weighted by Gasteiger charge is 2.16. The number of carbonyl (C=O) groups is 1. The summed E-state index contributed by atoms with van der Waals surface area (Å²) in [5.41, 5.74) is 2.94. The predicted octanol–water partition coefficient (Wildman–Crippen LogP) is 6.82. The maximum Gasteiger partial charge on any atom is 0.256 e. The van der Waals surface area contributed by atoms with Crippen LogP contribution in [0.15, 0.2) is 73.1 Å². The van der Waals surface area contributed by atoms with E-state index in [1.807, 2.05) is 24.3 Å². The molecule has 0 atom stereocenters. The second-order valence-corrected chi connectivity index (χ2v) is 8.57. The van der Waals surface area contributed by atoms with Crippen molar-refractivity contribution in [3.8, 4) is 28.5 Å². The second-order valence-electron chi connectivity index (χ2n) is 7.72. The lowest BCUT2D eigenvalue weighted by Crippen LogP contribution is -2.13. The molecule has 0 saturated carbocycles. The first-order valence-electron chi connectivity index (χ1n) is 10.7. The molecule has 0 radical (unpaired) electrons. The number of halogens is 2. The minimum Gasteiger partial charge on any atom is -0.493 e.